The lowest BCUT2D eigenvalue weighted by Crippen LogP contribution is -2.39. The van der Waals surface area contributed by atoms with Gasteiger partial charge in [-0.1, -0.05) is 12.1 Å². The smallest absolute Gasteiger partial charge is 0.313 e. The molecule has 1 saturated heterocycles. The van der Waals surface area contributed by atoms with Crippen molar-refractivity contribution in [3.05, 3.63) is 52.2 Å². The molecule has 0 aliphatic carbocycles. The van der Waals surface area contributed by atoms with Crippen LogP contribution in [0, 0.1) is 0 Å². The van der Waals surface area contributed by atoms with Crippen LogP contribution in [0.2, 0.25) is 0 Å². The highest BCUT2D eigenvalue weighted by Crippen LogP contribution is 2.34. The van der Waals surface area contributed by atoms with E-state index in [0.717, 1.165) is 17.7 Å². The van der Waals surface area contributed by atoms with Crippen LogP contribution < -0.4 is 11.1 Å². The number of carbonyl (C=O) groups excluding carboxylic acids is 3. The minimum Gasteiger partial charge on any atom is -0.366 e. The molecule has 7 heteroatoms. The molecule has 1 aliphatic heterocycles. The molecule has 124 valence electrons. The van der Waals surface area contributed by atoms with Crippen LogP contribution in [0.3, 0.4) is 0 Å². The number of benzene rings is 1. The lowest BCUT2D eigenvalue weighted by molar-refractivity contribution is -0.143. The van der Waals surface area contributed by atoms with Gasteiger partial charge in [-0.3, -0.25) is 14.4 Å². The zero-order chi connectivity index (χ0) is 17.1. The molecule has 0 unspecified atom stereocenters. The number of primary amides is 1. The van der Waals surface area contributed by atoms with Crippen LogP contribution in [0.4, 0.5) is 5.69 Å². The van der Waals surface area contributed by atoms with E-state index in [1.807, 2.05) is 17.5 Å². The molecule has 3 rings (SSSR count). The fraction of sp³-hybridized carbons (Fsp3) is 0.235. The third-order valence-corrected chi connectivity index (χ3v) is 4.96. The Labute approximate surface area is 143 Å². The van der Waals surface area contributed by atoms with Crippen molar-refractivity contribution in [3.8, 4) is 0 Å². The number of anilines is 1. The molecule has 1 atom stereocenters. The van der Waals surface area contributed by atoms with Crippen molar-refractivity contribution in [1.29, 1.82) is 0 Å². The molecule has 24 heavy (non-hydrogen) atoms. The average Bonchev–Trinajstić information content (AvgIpc) is 3.25. The topological polar surface area (TPSA) is 92.5 Å². The van der Waals surface area contributed by atoms with Crippen molar-refractivity contribution in [1.82, 2.24) is 4.90 Å². The summed E-state index contributed by atoms with van der Waals surface area (Å²) in [5, 5.41) is 4.51. The van der Waals surface area contributed by atoms with Crippen molar-refractivity contribution in [2.45, 2.75) is 18.9 Å². The van der Waals surface area contributed by atoms with Crippen LogP contribution in [0.25, 0.3) is 0 Å². The molecule has 0 radical (unpaired) electrons. The van der Waals surface area contributed by atoms with E-state index in [1.54, 1.807) is 34.4 Å². The third kappa shape index (κ3) is 3.30. The Kier molecular flexibility index (Phi) is 4.61. The highest BCUT2D eigenvalue weighted by molar-refractivity contribution is 7.10. The van der Waals surface area contributed by atoms with E-state index in [4.69, 9.17) is 5.73 Å². The van der Waals surface area contributed by atoms with Crippen LogP contribution in [-0.2, 0) is 9.59 Å². The molecule has 0 spiro atoms. The summed E-state index contributed by atoms with van der Waals surface area (Å²) in [5.74, 6) is -1.86. The number of nitrogens with zero attached hydrogens (tertiary/aromatic N) is 1. The molecule has 1 fully saturated rings. The Morgan fingerprint density at radius 2 is 2.04 bits per heavy atom. The summed E-state index contributed by atoms with van der Waals surface area (Å²) < 4.78 is 0. The summed E-state index contributed by atoms with van der Waals surface area (Å²) in [4.78, 5) is 38.7. The maximum absolute atomic E-state index is 12.5. The average molecular weight is 343 g/mol. The lowest BCUT2D eigenvalue weighted by atomic mass is 10.2. The minimum absolute atomic E-state index is 0.0415. The SMILES string of the molecule is NC(=O)c1cccc(NC(=O)C(=O)N2CCC[C@@H]2c2cccs2)c1. The second kappa shape index (κ2) is 6.84. The van der Waals surface area contributed by atoms with Gasteiger partial charge in [0.15, 0.2) is 0 Å². The fourth-order valence-electron chi connectivity index (χ4n) is 2.85. The quantitative estimate of drug-likeness (QED) is 0.836. The van der Waals surface area contributed by atoms with E-state index >= 15 is 0 Å². The van der Waals surface area contributed by atoms with Gasteiger partial charge < -0.3 is 16.0 Å². The highest BCUT2D eigenvalue weighted by atomic mass is 32.1. The van der Waals surface area contributed by atoms with Gasteiger partial charge in [-0.05, 0) is 42.5 Å². The number of thiophene rings is 1. The molecule has 1 aromatic heterocycles. The number of nitrogens with two attached hydrogens (primary N) is 1. The number of likely N-dealkylation sites (tertiary alicyclic amines) is 1. The number of carbonyl (C=O) groups is 3. The molecule has 6 nitrogen and oxygen atoms in total. The molecule has 0 saturated carbocycles. The first-order valence-electron chi connectivity index (χ1n) is 7.61. The molecule has 1 aliphatic rings. The van der Waals surface area contributed by atoms with Crippen molar-refractivity contribution in [2.75, 3.05) is 11.9 Å². The minimum atomic E-state index is -0.708. The van der Waals surface area contributed by atoms with Gasteiger partial charge in [-0.25, -0.2) is 0 Å². The molecule has 3 N–H and O–H groups in total. The Morgan fingerprint density at radius 3 is 2.75 bits per heavy atom. The largest absolute Gasteiger partial charge is 0.366 e. The van der Waals surface area contributed by atoms with Crippen LogP contribution in [0.1, 0.15) is 34.1 Å². The van der Waals surface area contributed by atoms with E-state index in [0.29, 0.717) is 12.2 Å². The monoisotopic (exact) mass is 343 g/mol. The summed E-state index contributed by atoms with van der Waals surface area (Å²) in [6, 6.07) is 10.1. The van der Waals surface area contributed by atoms with Crippen molar-refractivity contribution >= 4 is 34.7 Å². The predicted octanol–water partition coefficient (Wildman–Crippen LogP) is 2.15. The van der Waals surface area contributed by atoms with Gasteiger partial charge in [0.2, 0.25) is 5.91 Å². The van der Waals surface area contributed by atoms with Gasteiger partial charge >= 0.3 is 11.8 Å². The summed E-state index contributed by atoms with van der Waals surface area (Å²) in [5.41, 5.74) is 5.87. The van der Waals surface area contributed by atoms with Crippen LogP contribution in [0.5, 0.6) is 0 Å². The van der Waals surface area contributed by atoms with Gasteiger partial charge in [-0.2, -0.15) is 0 Å². The first-order chi connectivity index (χ1) is 11.6. The van der Waals surface area contributed by atoms with Gasteiger partial charge in [0.1, 0.15) is 0 Å². The lowest BCUT2D eigenvalue weighted by Gasteiger charge is -2.23. The molecule has 3 amide bonds. The summed E-state index contributed by atoms with van der Waals surface area (Å²) >= 11 is 1.59. The number of hydrogen-bond donors (Lipinski definition) is 2. The molecule has 0 bridgehead atoms. The zero-order valence-corrected chi connectivity index (χ0v) is 13.7. The van der Waals surface area contributed by atoms with Crippen molar-refractivity contribution in [2.24, 2.45) is 5.73 Å². The van der Waals surface area contributed by atoms with Gasteiger partial charge in [-0.15, -0.1) is 11.3 Å². The van der Waals surface area contributed by atoms with Crippen LogP contribution in [0.15, 0.2) is 41.8 Å². The summed E-state index contributed by atoms with van der Waals surface area (Å²) in [6.07, 6.45) is 1.73. The van der Waals surface area contributed by atoms with E-state index in [2.05, 4.69) is 5.32 Å². The van der Waals surface area contributed by atoms with Crippen molar-refractivity contribution < 1.29 is 14.4 Å². The van der Waals surface area contributed by atoms with Crippen LogP contribution >= 0.6 is 11.3 Å². The fourth-order valence-corrected chi connectivity index (χ4v) is 3.73. The van der Waals surface area contributed by atoms with E-state index in [-0.39, 0.29) is 11.6 Å². The third-order valence-electron chi connectivity index (χ3n) is 3.98. The zero-order valence-electron chi connectivity index (χ0n) is 12.9. The normalized spacial score (nSPS) is 16.8. The number of hydrogen-bond acceptors (Lipinski definition) is 4. The van der Waals surface area contributed by atoms with Crippen LogP contribution in [-0.4, -0.2) is 29.2 Å². The number of amides is 3. The maximum atomic E-state index is 12.5. The first kappa shape index (κ1) is 16.2. The van der Waals surface area contributed by atoms with Gasteiger partial charge in [0.05, 0.1) is 6.04 Å². The van der Waals surface area contributed by atoms with Gasteiger partial charge in [0.25, 0.3) is 0 Å². The summed E-state index contributed by atoms with van der Waals surface area (Å²) in [6.45, 7) is 0.566. The Morgan fingerprint density at radius 1 is 1.21 bits per heavy atom. The Balaban J connectivity index is 1.72. The second-order valence-corrected chi connectivity index (χ2v) is 6.55. The number of nitrogens with one attached hydrogen (secondary N) is 1. The first-order valence-corrected chi connectivity index (χ1v) is 8.49. The molecule has 1 aromatic carbocycles. The van der Waals surface area contributed by atoms with E-state index in [9.17, 15) is 14.4 Å². The Hall–Kier alpha value is -2.67. The standard InChI is InChI=1S/C17H17N3O3S/c18-15(21)11-4-1-5-12(10-11)19-16(22)17(23)20-8-2-6-13(20)14-7-3-9-24-14/h1,3-5,7,9-10,13H,2,6,8H2,(H2,18,21)(H,19,22)/t13-/m1/s1. The second-order valence-electron chi connectivity index (χ2n) is 5.57. The Bertz CT molecular complexity index is 773. The predicted molar refractivity (Wildman–Crippen MR) is 91.6 cm³/mol. The molecular weight excluding hydrogens is 326 g/mol. The summed E-state index contributed by atoms with van der Waals surface area (Å²) in [7, 11) is 0. The molecular formula is C17H17N3O3S. The van der Waals surface area contributed by atoms with E-state index in [1.165, 1.54) is 6.07 Å². The van der Waals surface area contributed by atoms with Gasteiger partial charge in [0, 0.05) is 22.7 Å². The maximum Gasteiger partial charge on any atom is 0.313 e. The highest BCUT2D eigenvalue weighted by Gasteiger charge is 2.33. The molecule has 2 aromatic rings. The van der Waals surface area contributed by atoms with E-state index < -0.39 is 17.7 Å². The van der Waals surface area contributed by atoms with Crippen molar-refractivity contribution in [3.63, 3.8) is 0 Å². The molecule has 2 heterocycles. The number of rotatable bonds is 3.